The predicted molar refractivity (Wildman–Crippen MR) is 75.3 cm³/mol. The number of fused-ring (bicyclic) bond motifs is 1. The van der Waals surface area contributed by atoms with Crippen LogP contribution in [0.2, 0.25) is 0 Å². The molecule has 1 aliphatic heterocycles. The maximum atomic E-state index is 12.1. The quantitative estimate of drug-likeness (QED) is 0.827. The zero-order valence-corrected chi connectivity index (χ0v) is 12.0. The van der Waals surface area contributed by atoms with Crippen molar-refractivity contribution in [1.82, 2.24) is 0 Å². The second-order valence-corrected chi connectivity index (χ2v) is 6.95. The molecular formula is C15H20O2S. The Hall–Kier alpha value is -0.960. The molecule has 1 aliphatic rings. The van der Waals surface area contributed by atoms with E-state index in [1.54, 1.807) is 11.8 Å². The summed E-state index contributed by atoms with van der Waals surface area (Å²) in [5.41, 5.74) is 0.204. The average Bonchev–Trinajstić information content (AvgIpc) is 2.34. The summed E-state index contributed by atoms with van der Waals surface area (Å²) in [5, 5.41) is 0. The van der Waals surface area contributed by atoms with Crippen LogP contribution in [0.5, 0.6) is 5.75 Å². The van der Waals surface area contributed by atoms with Crippen molar-refractivity contribution >= 4 is 17.5 Å². The van der Waals surface area contributed by atoms with Gasteiger partial charge in [0.1, 0.15) is 5.75 Å². The number of ether oxygens (including phenoxy) is 1. The zero-order valence-electron chi connectivity index (χ0n) is 11.2. The lowest BCUT2D eigenvalue weighted by Gasteiger charge is -2.25. The van der Waals surface area contributed by atoms with Gasteiger partial charge in [0.2, 0.25) is 0 Å². The smallest absolute Gasteiger partial charge is 0.174 e. The Kier molecular flexibility index (Phi) is 4.00. The molecule has 1 heterocycles. The van der Waals surface area contributed by atoms with Crippen LogP contribution in [-0.2, 0) is 4.79 Å². The lowest BCUT2D eigenvalue weighted by Crippen LogP contribution is -2.32. The van der Waals surface area contributed by atoms with Crippen molar-refractivity contribution in [1.29, 1.82) is 0 Å². The van der Waals surface area contributed by atoms with Crippen LogP contribution in [-0.4, -0.2) is 17.6 Å². The summed E-state index contributed by atoms with van der Waals surface area (Å²) in [6, 6.07) is 7.92. The third kappa shape index (κ3) is 3.52. The van der Waals surface area contributed by atoms with Gasteiger partial charge >= 0.3 is 0 Å². The number of carbonyl (C=O) groups excluding carboxylic acids is 1. The third-order valence-electron chi connectivity index (χ3n) is 2.99. The van der Waals surface area contributed by atoms with E-state index in [9.17, 15) is 4.79 Å². The van der Waals surface area contributed by atoms with Crippen LogP contribution in [0.4, 0.5) is 0 Å². The highest BCUT2D eigenvalue weighted by Crippen LogP contribution is 2.35. The van der Waals surface area contributed by atoms with E-state index in [0.717, 1.165) is 22.8 Å². The molecule has 1 aromatic rings. The zero-order chi connectivity index (χ0) is 13.2. The SMILES string of the molecule is CC(C)(C)CCC(=O)C1CSc2ccccc2O1. The molecule has 0 saturated heterocycles. The van der Waals surface area contributed by atoms with E-state index < -0.39 is 0 Å². The van der Waals surface area contributed by atoms with E-state index in [1.165, 1.54) is 0 Å². The second kappa shape index (κ2) is 5.35. The molecule has 0 N–H and O–H groups in total. The predicted octanol–water partition coefficient (Wildman–Crippen LogP) is 3.94. The molecule has 1 unspecified atom stereocenters. The van der Waals surface area contributed by atoms with Crippen LogP contribution in [0.25, 0.3) is 0 Å². The van der Waals surface area contributed by atoms with Gasteiger partial charge in [-0.1, -0.05) is 32.9 Å². The molecule has 0 aliphatic carbocycles. The molecule has 0 saturated carbocycles. The molecule has 0 bridgehead atoms. The highest BCUT2D eigenvalue weighted by Gasteiger charge is 2.27. The molecule has 0 aromatic heterocycles. The van der Waals surface area contributed by atoms with E-state index in [2.05, 4.69) is 20.8 Å². The summed E-state index contributed by atoms with van der Waals surface area (Å²) in [6.07, 6.45) is 1.25. The third-order valence-corrected chi connectivity index (χ3v) is 4.11. The maximum Gasteiger partial charge on any atom is 0.174 e. The van der Waals surface area contributed by atoms with Crippen LogP contribution in [0.15, 0.2) is 29.2 Å². The summed E-state index contributed by atoms with van der Waals surface area (Å²) >= 11 is 1.71. The van der Waals surface area contributed by atoms with Gasteiger partial charge < -0.3 is 4.74 Å². The van der Waals surface area contributed by atoms with Crippen molar-refractivity contribution < 1.29 is 9.53 Å². The Balaban J connectivity index is 1.95. The van der Waals surface area contributed by atoms with E-state index >= 15 is 0 Å². The molecule has 1 aromatic carbocycles. The number of hydrogen-bond acceptors (Lipinski definition) is 3. The van der Waals surface area contributed by atoms with E-state index in [4.69, 9.17) is 4.74 Å². The lowest BCUT2D eigenvalue weighted by atomic mass is 9.89. The normalized spacial score (nSPS) is 18.9. The molecule has 98 valence electrons. The van der Waals surface area contributed by atoms with Crippen LogP contribution in [0, 0.1) is 5.41 Å². The van der Waals surface area contributed by atoms with Crippen molar-refractivity contribution in [3.8, 4) is 5.75 Å². The number of rotatable bonds is 3. The van der Waals surface area contributed by atoms with Crippen LogP contribution in [0.1, 0.15) is 33.6 Å². The summed E-state index contributed by atoms with van der Waals surface area (Å²) in [5.74, 6) is 1.81. The van der Waals surface area contributed by atoms with Crippen molar-refractivity contribution in [3.05, 3.63) is 24.3 Å². The fourth-order valence-electron chi connectivity index (χ4n) is 1.84. The van der Waals surface area contributed by atoms with Gasteiger partial charge in [-0.05, 0) is 24.0 Å². The standard InChI is InChI=1S/C15H20O2S/c1-15(2,3)9-8-11(16)13-10-18-14-7-5-4-6-12(14)17-13/h4-7,13H,8-10H2,1-3H3. The number of para-hydroxylation sites is 1. The number of Topliss-reactive ketones (excluding diaryl/α,β-unsaturated/α-hetero) is 1. The molecule has 0 radical (unpaired) electrons. The molecule has 3 heteroatoms. The Morgan fingerprint density at radius 2 is 2.11 bits per heavy atom. The van der Waals surface area contributed by atoms with Crippen LogP contribution >= 0.6 is 11.8 Å². The van der Waals surface area contributed by atoms with Crippen molar-refractivity contribution in [2.24, 2.45) is 5.41 Å². The Bertz CT molecular complexity index is 434. The van der Waals surface area contributed by atoms with E-state index in [-0.39, 0.29) is 17.3 Å². The summed E-state index contributed by atoms with van der Waals surface area (Å²) in [7, 11) is 0. The number of hydrogen-bond donors (Lipinski definition) is 0. The Labute approximate surface area is 113 Å². The molecule has 0 spiro atoms. The first kappa shape index (κ1) is 13.5. The van der Waals surface area contributed by atoms with Gasteiger partial charge in [-0.25, -0.2) is 0 Å². The van der Waals surface area contributed by atoms with Gasteiger partial charge in [0, 0.05) is 17.1 Å². The molecule has 0 amide bonds. The first-order valence-corrected chi connectivity index (χ1v) is 7.35. The van der Waals surface area contributed by atoms with Crippen molar-refractivity contribution in [2.45, 2.75) is 44.6 Å². The summed E-state index contributed by atoms with van der Waals surface area (Å²) in [6.45, 7) is 6.48. The number of carbonyl (C=O) groups is 1. The Morgan fingerprint density at radius 1 is 1.39 bits per heavy atom. The van der Waals surface area contributed by atoms with Crippen molar-refractivity contribution in [2.75, 3.05) is 5.75 Å². The highest BCUT2D eigenvalue weighted by molar-refractivity contribution is 7.99. The topological polar surface area (TPSA) is 26.3 Å². The van der Waals surface area contributed by atoms with Gasteiger partial charge in [0.05, 0.1) is 0 Å². The fraction of sp³-hybridized carbons (Fsp3) is 0.533. The van der Waals surface area contributed by atoms with E-state index in [1.807, 2.05) is 24.3 Å². The highest BCUT2D eigenvalue weighted by atomic mass is 32.2. The first-order valence-electron chi connectivity index (χ1n) is 6.37. The molecule has 0 fully saturated rings. The minimum Gasteiger partial charge on any atom is -0.481 e. The van der Waals surface area contributed by atoms with Gasteiger partial charge in [0.25, 0.3) is 0 Å². The van der Waals surface area contributed by atoms with Gasteiger partial charge in [0.15, 0.2) is 11.9 Å². The fourth-order valence-corrected chi connectivity index (χ4v) is 2.86. The van der Waals surface area contributed by atoms with Crippen LogP contribution < -0.4 is 4.74 Å². The number of benzene rings is 1. The number of thioether (sulfide) groups is 1. The van der Waals surface area contributed by atoms with Gasteiger partial charge in [-0.3, -0.25) is 4.79 Å². The monoisotopic (exact) mass is 264 g/mol. The molecule has 2 nitrogen and oxygen atoms in total. The molecular weight excluding hydrogens is 244 g/mol. The first-order chi connectivity index (χ1) is 8.46. The van der Waals surface area contributed by atoms with Gasteiger partial charge in [-0.15, -0.1) is 11.8 Å². The van der Waals surface area contributed by atoms with Gasteiger partial charge in [-0.2, -0.15) is 0 Å². The minimum atomic E-state index is -0.271. The summed E-state index contributed by atoms with van der Waals surface area (Å²) in [4.78, 5) is 13.3. The largest absolute Gasteiger partial charge is 0.481 e. The lowest BCUT2D eigenvalue weighted by molar-refractivity contribution is -0.125. The Morgan fingerprint density at radius 3 is 2.83 bits per heavy atom. The van der Waals surface area contributed by atoms with Crippen molar-refractivity contribution in [3.63, 3.8) is 0 Å². The molecule has 2 rings (SSSR count). The maximum absolute atomic E-state index is 12.1. The molecule has 18 heavy (non-hydrogen) atoms. The average molecular weight is 264 g/mol. The minimum absolute atomic E-state index is 0.204. The van der Waals surface area contributed by atoms with Crippen LogP contribution in [0.3, 0.4) is 0 Å². The molecule has 1 atom stereocenters. The second-order valence-electron chi connectivity index (χ2n) is 5.89. The van der Waals surface area contributed by atoms with E-state index in [0.29, 0.717) is 6.42 Å². The number of ketones is 1. The summed E-state index contributed by atoms with van der Waals surface area (Å²) < 4.78 is 5.79.